The van der Waals surface area contributed by atoms with E-state index in [1.165, 1.54) is 5.56 Å². The van der Waals surface area contributed by atoms with E-state index in [1.54, 1.807) is 0 Å². The van der Waals surface area contributed by atoms with E-state index in [9.17, 15) is 5.11 Å². The number of thiocarbonyl (C=S) groups is 1. The molecule has 1 heterocycles. The number of rotatable bonds is 2. The SMILES string of the molecule is Br.OC(=S)[C@@H]1C[C@H](c2ccccc2)CN1. The number of aliphatic hydroxyl groups excluding tert-OH is 1. The maximum absolute atomic E-state index is 9.19. The fraction of sp³-hybridized carbons (Fsp3) is 0.364. The molecule has 2 N–H and O–H groups in total. The molecule has 0 radical (unpaired) electrons. The predicted molar refractivity (Wildman–Crippen MR) is 71.1 cm³/mol. The third kappa shape index (κ3) is 3.00. The van der Waals surface area contributed by atoms with Crippen LogP contribution in [0.1, 0.15) is 17.9 Å². The maximum Gasteiger partial charge on any atom is 0.174 e. The van der Waals surface area contributed by atoms with E-state index >= 15 is 0 Å². The van der Waals surface area contributed by atoms with Crippen LogP contribution in [0.3, 0.4) is 0 Å². The molecule has 0 bridgehead atoms. The Hall–Kier alpha value is -0.450. The number of nitrogens with one attached hydrogen (secondary N) is 1. The molecule has 1 aliphatic rings. The average Bonchev–Trinajstić information content (AvgIpc) is 2.68. The molecular weight excluding hydrogens is 274 g/mol. The Labute approximate surface area is 105 Å². The topological polar surface area (TPSA) is 32.3 Å². The smallest absolute Gasteiger partial charge is 0.174 e. The summed E-state index contributed by atoms with van der Waals surface area (Å²) in [6.07, 6.45) is 0.902. The summed E-state index contributed by atoms with van der Waals surface area (Å²) in [4.78, 5) is 0. The Morgan fingerprint density at radius 3 is 2.53 bits per heavy atom. The second-order valence-corrected chi connectivity index (χ2v) is 4.06. The molecule has 1 saturated heterocycles. The van der Waals surface area contributed by atoms with Crippen molar-refractivity contribution in [3.05, 3.63) is 35.9 Å². The van der Waals surface area contributed by atoms with E-state index in [0.29, 0.717) is 5.92 Å². The highest BCUT2D eigenvalue weighted by Gasteiger charge is 2.27. The van der Waals surface area contributed by atoms with Crippen LogP contribution in [0.4, 0.5) is 0 Å². The zero-order valence-corrected chi connectivity index (χ0v) is 10.7. The van der Waals surface area contributed by atoms with Crippen molar-refractivity contribution in [2.24, 2.45) is 0 Å². The van der Waals surface area contributed by atoms with Crippen LogP contribution in [0.25, 0.3) is 0 Å². The quantitative estimate of drug-likeness (QED) is 0.820. The number of halogens is 1. The third-order valence-corrected chi connectivity index (χ3v) is 2.98. The zero-order chi connectivity index (χ0) is 9.97. The molecule has 0 spiro atoms. The van der Waals surface area contributed by atoms with Gasteiger partial charge < -0.3 is 10.4 Å². The van der Waals surface area contributed by atoms with Gasteiger partial charge in [-0.25, -0.2) is 0 Å². The molecule has 4 heteroatoms. The van der Waals surface area contributed by atoms with E-state index < -0.39 is 0 Å². The second kappa shape index (κ2) is 5.58. The molecule has 82 valence electrons. The van der Waals surface area contributed by atoms with Gasteiger partial charge in [0.05, 0.1) is 6.04 Å². The minimum absolute atomic E-state index is 0. The van der Waals surface area contributed by atoms with Gasteiger partial charge in [0, 0.05) is 6.54 Å². The van der Waals surface area contributed by atoms with Crippen LogP contribution in [0.5, 0.6) is 0 Å². The highest BCUT2D eigenvalue weighted by molar-refractivity contribution is 8.93. The standard InChI is InChI=1S/C11H13NOS.BrH/c13-11(14)10-6-9(7-12-10)8-4-2-1-3-5-8;/h1-5,9-10,12H,6-7H2,(H,13,14);1H/t9-,10-;/m0./s1. The van der Waals surface area contributed by atoms with Gasteiger partial charge in [-0.2, -0.15) is 0 Å². The molecular formula is C11H14BrNOS. The first-order valence-corrected chi connectivity index (χ1v) is 5.19. The molecule has 1 aromatic carbocycles. The second-order valence-electron chi connectivity index (χ2n) is 3.64. The minimum Gasteiger partial charge on any atom is -0.501 e. The Bertz CT molecular complexity index is 331. The number of benzene rings is 1. The third-order valence-electron chi connectivity index (χ3n) is 2.70. The average molecular weight is 288 g/mol. The van der Waals surface area contributed by atoms with Crippen molar-refractivity contribution in [2.45, 2.75) is 18.4 Å². The van der Waals surface area contributed by atoms with E-state index in [4.69, 9.17) is 12.2 Å². The van der Waals surface area contributed by atoms with Gasteiger partial charge in [-0.3, -0.25) is 0 Å². The summed E-state index contributed by atoms with van der Waals surface area (Å²) in [6, 6.07) is 10.3. The summed E-state index contributed by atoms with van der Waals surface area (Å²) in [7, 11) is 0. The molecule has 1 aliphatic heterocycles. The van der Waals surface area contributed by atoms with Crippen molar-refractivity contribution < 1.29 is 5.11 Å². The Morgan fingerprint density at radius 2 is 2.00 bits per heavy atom. The summed E-state index contributed by atoms with van der Waals surface area (Å²) in [5, 5.41) is 12.5. The van der Waals surface area contributed by atoms with E-state index in [0.717, 1.165) is 13.0 Å². The lowest BCUT2D eigenvalue weighted by Crippen LogP contribution is -2.28. The normalized spacial score (nSPS) is 24.5. The first kappa shape index (κ1) is 12.6. The molecule has 15 heavy (non-hydrogen) atoms. The number of aliphatic hydroxyl groups is 1. The van der Waals surface area contributed by atoms with Crippen LogP contribution < -0.4 is 5.32 Å². The van der Waals surface area contributed by atoms with Gasteiger partial charge in [0.1, 0.15) is 0 Å². The van der Waals surface area contributed by atoms with E-state index in [1.807, 2.05) is 18.2 Å². The molecule has 2 atom stereocenters. The first-order valence-electron chi connectivity index (χ1n) is 4.78. The number of hydrogen-bond donors (Lipinski definition) is 2. The van der Waals surface area contributed by atoms with Crippen LogP contribution >= 0.6 is 29.2 Å². The van der Waals surface area contributed by atoms with Crippen LogP contribution in [0, 0.1) is 0 Å². The molecule has 0 amide bonds. The Balaban J connectivity index is 0.00000112. The van der Waals surface area contributed by atoms with Crippen LogP contribution in [0.2, 0.25) is 0 Å². The van der Waals surface area contributed by atoms with Crippen molar-refractivity contribution in [1.82, 2.24) is 5.32 Å². The van der Waals surface area contributed by atoms with Crippen LogP contribution in [0.15, 0.2) is 30.3 Å². The Morgan fingerprint density at radius 1 is 1.33 bits per heavy atom. The molecule has 2 rings (SSSR count). The van der Waals surface area contributed by atoms with Crippen LogP contribution in [-0.4, -0.2) is 22.7 Å². The molecule has 0 saturated carbocycles. The predicted octanol–water partition coefficient (Wildman–Crippen LogP) is 2.60. The number of hydrogen-bond acceptors (Lipinski definition) is 2. The summed E-state index contributed by atoms with van der Waals surface area (Å²) in [5.41, 5.74) is 1.32. The lowest BCUT2D eigenvalue weighted by molar-refractivity contribution is 0.516. The molecule has 1 fully saturated rings. The van der Waals surface area contributed by atoms with Gasteiger partial charge in [-0.1, -0.05) is 30.3 Å². The fourth-order valence-corrected chi connectivity index (χ4v) is 2.08. The van der Waals surface area contributed by atoms with Crippen LogP contribution in [-0.2, 0) is 0 Å². The largest absolute Gasteiger partial charge is 0.501 e. The summed E-state index contributed by atoms with van der Waals surface area (Å²) < 4.78 is 0. The fourth-order valence-electron chi connectivity index (χ4n) is 1.90. The van der Waals surface area contributed by atoms with Crippen molar-refractivity contribution in [1.29, 1.82) is 0 Å². The van der Waals surface area contributed by atoms with E-state index in [2.05, 4.69) is 17.4 Å². The molecule has 1 aromatic rings. The van der Waals surface area contributed by atoms with Crippen molar-refractivity contribution in [3.63, 3.8) is 0 Å². The summed E-state index contributed by atoms with van der Waals surface area (Å²) in [6.45, 7) is 0.898. The van der Waals surface area contributed by atoms with Gasteiger partial charge in [0.25, 0.3) is 0 Å². The monoisotopic (exact) mass is 287 g/mol. The first-order chi connectivity index (χ1) is 6.77. The lowest BCUT2D eigenvalue weighted by Gasteiger charge is -2.08. The lowest BCUT2D eigenvalue weighted by atomic mass is 9.97. The summed E-state index contributed by atoms with van der Waals surface area (Å²) in [5.74, 6) is 0.478. The van der Waals surface area contributed by atoms with Gasteiger partial charge in [0.15, 0.2) is 5.05 Å². The highest BCUT2D eigenvalue weighted by atomic mass is 79.9. The molecule has 0 aromatic heterocycles. The van der Waals surface area contributed by atoms with Gasteiger partial charge >= 0.3 is 0 Å². The van der Waals surface area contributed by atoms with E-state index in [-0.39, 0.29) is 28.1 Å². The van der Waals surface area contributed by atoms with Gasteiger partial charge in [-0.05, 0) is 30.1 Å². The molecule has 0 unspecified atom stereocenters. The molecule has 0 aliphatic carbocycles. The Kier molecular flexibility index (Phi) is 4.70. The zero-order valence-electron chi connectivity index (χ0n) is 8.22. The van der Waals surface area contributed by atoms with Crippen molar-refractivity contribution >= 4 is 34.2 Å². The van der Waals surface area contributed by atoms with Crippen molar-refractivity contribution in [2.75, 3.05) is 6.54 Å². The van der Waals surface area contributed by atoms with Gasteiger partial charge in [-0.15, -0.1) is 17.0 Å². The van der Waals surface area contributed by atoms with Gasteiger partial charge in [0.2, 0.25) is 0 Å². The highest BCUT2D eigenvalue weighted by Crippen LogP contribution is 2.25. The van der Waals surface area contributed by atoms with Crippen molar-refractivity contribution in [3.8, 4) is 0 Å². The minimum atomic E-state index is -0.00444. The summed E-state index contributed by atoms with van der Waals surface area (Å²) >= 11 is 4.75. The maximum atomic E-state index is 9.19. The molecule has 2 nitrogen and oxygen atoms in total.